The molecule has 0 unspecified atom stereocenters. The normalized spacial score (nSPS) is 10.9. The molecule has 0 aliphatic carbocycles. The van der Waals surface area contributed by atoms with Crippen LogP contribution in [-0.4, -0.2) is 28.8 Å². The van der Waals surface area contributed by atoms with E-state index in [0.29, 0.717) is 13.4 Å². The van der Waals surface area contributed by atoms with Crippen molar-refractivity contribution in [1.29, 1.82) is 0 Å². The summed E-state index contributed by atoms with van der Waals surface area (Å²) in [5, 5.41) is 7.95. The summed E-state index contributed by atoms with van der Waals surface area (Å²) in [6, 6.07) is 39.5. The number of fused-ring (bicyclic) bond motifs is 4. The number of halogens is 2. The molecule has 6 aromatic carbocycles. The van der Waals surface area contributed by atoms with Crippen LogP contribution in [0.3, 0.4) is 0 Å². The number of aromatic amines is 2. The van der Waals surface area contributed by atoms with Gasteiger partial charge in [0.05, 0.1) is 0 Å². The molecule has 0 saturated heterocycles. The van der Waals surface area contributed by atoms with Crippen LogP contribution < -0.4 is 10.9 Å². The number of hydrogen-bond donors (Lipinski definition) is 2. The summed E-state index contributed by atoms with van der Waals surface area (Å²) in [7, 11) is 11.2. The van der Waals surface area contributed by atoms with Crippen molar-refractivity contribution in [2.45, 2.75) is 40.4 Å². The third-order valence-corrected chi connectivity index (χ3v) is 28.8. The first-order chi connectivity index (χ1) is 23.1. The summed E-state index contributed by atoms with van der Waals surface area (Å²) in [6.07, 6.45) is 4.25. The molecule has 8 heteroatoms. The summed E-state index contributed by atoms with van der Waals surface area (Å²) in [5.41, 5.74) is 10.2. The van der Waals surface area contributed by atoms with E-state index in [1.54, 1.807) is 0 Å². The predicted octanol–water partition coefficient (Wildman–Crippen LogP) is 11.5. The Balaban J connectivity index is 0.000000144. The molecule has 48 heavy (non-hydrogen) atoms. The zero-order chi connectivity index (χ0) is 33.9. The fourth-order valence-electron chi connectivity index (χ4n) is 6.24. The maximum absolute atomic E-state index is 5.62. The Morgan fingerprint density at radius 3 is 1.31 bits per heavy atom. The molecule has 0 aliphatic heterocycles. The van der Waals surface area contributed by atoms with Crippen LogP contribution >= 0.6 is 17.0 Å². The molecule has 2 aromatic heterocycles. The fourth-order valence-corrected chi connectivity index (χ4v) is 6.24. The van der Waals surface area contributed by atoms with Crippen LogP contribution in [0.2, 0.25) is 40.4 Å². The van der Waals surface area contributed by atoms with E-state index >= 15 is 0 Å². The van der Waals surface area contributed by atoms with Gasteiger partial charge in [-0.15, -0.1) is 35.0 Å². The summed E-state index contributed by atoms with van der Waals surface area (Å²) >= 11 is -1.65. The molecule has 2 heterocycles. The van der Waals surface area contributed by atoms with Gasteiger partial charge in [0.1, 0.15) is 13.4 Å². The third-order valence-electron chi connectivity index (χ3n) is 9.02. The van der Waals surface area contributed by atoms with Crippen molar-refractivity contribution >= 4 is 90.2 Å². The van der Waals surface area contributed by atoms with Gasteiger partial charge < -0.3 is 9.97 Å². The monoisotopic (exact) mass is 758 g/mol. The first-order valence-electron chi connectivity index (χ1n) is 16.6. The standard InChI is InChI=1S/2C19H17BN.C2H6Si.2ClH.Zr/c2*1-20(2)14-10-13-6-5-8-15(17(13)11-14)18-12-21-19-9-4-3-7-16(18)19;1-3-2;;;/h2*3-12,21H,1-2H3;1-2H3;2*1H;/q2*-1;;;;+2/p-2. The first kappa shape index (κ1) is 34.8. The molecule has 0 aliphatic rings. The third kappa shape index (κ3) is 7.43. The summed E-state index contributed by atoms with van der Waals surface area (Å²) < 4.78 is 0. The van der Waals surface area contributed by atoms with E-state index in [-0.39, 0.29) is 5.43 Å². The van der Waals surface area contributed by atoms with E-state index in [1.807, 2.05) is 0 Å². The molecule has 8 rings (SSSR count). The molecule has 0 saturated carbocycles. The van der Waals surface area contributed by atoms with E-state index in [9.17, 15) is 0 Å². The van der Waals surface area contributed by atoms with Gasteiger partial charge in [0.2, 0.25) is 0 Å². The molecule has 2 nitrogen and oxygen atoms in total. The molecule has 0 radical (unpaired) electrons. The molecule has 0 spiro atoms. The van der Waals surface area contributed by atoms with Crippen molar-refractivity contribution in [3.05, 3.63) is 122 Å². The number of hydrogen-bond acceptors (Lipinski definition) is 0. The molecule has 0 fully saturated rings. The van der Waals surface area contributed by atoms with E-state index in [4.69, 9.17) is 17.0 Å². The van der Waals surface area contributed by atoms with Gasteiger partial charge in [-0.2, -0.15) is 46.0 Å². The predicted molar refractivity (Wildman–Crippen MR) is 217 cm³/mol. The van der Waals surface area contributed by atoms with Gasteiger partial charge in [-0.3, -0.25) is 0 Å². The average Bonchev–Trinajstić information content (AvgIpc) is 3.89. The van der Waals surface area contributed by atoms with Crippen molar-refractivity contribution in [2.75, 3.05) is 0 Å². The number of H-pyrrole nitrogens is 2. The summed E-state index contributed by atoms with van der Waals surface area (Å²) in [5.74, 6) is 0. The van der Waals surface area contributed by atoms with Gasteiger partial charge in [0.15, 0.2) is 0 Å². The van der Waals surface area contributed by atoms with Crippen molar-refractivity contribution in [3.63, 3.8) is 0 Å². The molecular weight excluding hydrogens is 720 g/mol. The molecule has 2 N–H and O–H groups in total. The average molecular weight is 761 g/mol. The summed E-state index contributed by atoms with van der Waals surface area (Å²) in [4.78, 5) is 6.76. The Labute approximate surface area is 300 Å². The Morgan fingerprint density at radius 1 is 0.542 bits per heavy atom. The Kier molecular flexibility index (Phi) is 11.1. The van der Waals surface area contributed by atoms with E-state index < -0.39 is 18.0 Å². The van der Waals surface area contributed by atoms with Crippen molar-refractivity contribution < 1.29 is 18.0 Å². The first-order valence-corrected chi connectivity index (χ1v) is 29.1. The number of para-hydroxylation sites is 2. The van der Waals surface area contributed by atoms with Crippen LogP contribution in [0.25, 0.3) is 65.6 Å². The quantitative estimate of drug-likeness (QED) is 0.132. The van der Waals surface area contributed by atoms with Gasteiger partial charge in [-0.25, -0.2) is 0 Å². The number of aromatic nitrogens is 2. The van der Waals surface area contributed by atoms with E-state index in [2.05, 4.69) is 172 Å². The molecule has 240 valence electrons. The van der Waals surface area contributed by atoms with E-state index in [0.717, 1.165) is 0 Å². The Bertz CT molecular complexity index is 2200. The molecular formula is C40H40B2Cl2N2SiZr-2. The second kappa shape index (κ2) is 15.3. The van der Waals surface area contributed by atoms with Gasteiger partial charge >= 0.3 is 53.5 Å². The van der Waals surface area contributed by atoms with Gasteiger partial charge in [0.25, 0.3) is 0 Å². The zero-order valence-corrected chi connectivity index (χ0v) is 33.4. The minimum atomic E-state index is -1.65. The van der Waals surface area contributed by atoms with Crippen molar-refractivity contribution in [2.24, 2.45) is 0 Å². The minimum absolute atomic E-state index is 0.224. The number of rotatable bonds is 4. The second-order valence-corrected chi connectivity index (χ2v) is 36.2. The van der Waals surface area contributed by atoms with Crippen LogP contribution in [0.4, 0.5) is 0 Å². The maximum atomic E-state index is 5.62. The molecule has 0 amide bonds. The topological polar surface area (TPSA) is 31.6 Å². The van der Waals surface area contributed by atoms with Crippen molar-refractivity contribution in [1.82, 2.24) is 9.97 Å². The number of benzene rings is 4. The number of nitrogens with one attached hydrogen (secondary N) is 2. The van der Waals surface area contributed by atoms with Crippen molar-refractivity contribution in [3.8, 4) is 22.3 Å². The van der Waals surface area contributed by atoms with Crippen LogP contribution in [0, 0.1) is 0 Å². The van der Waals surface area contributed by atoms with Crippen LogP contribution in [0.15, 0.2) is 122 Å². The Morgan fingerprint density at radius 2 is 0.938 bits per heavy atom. The summed E-state index contributed by atoms with van der Waals surface area (Å²) in [6.45, 7) is 14.5. The molecule has 0 atom stereocenters. The Hall–Kier alpha value is -3.01. The molecule has 0 bridgehead atoms. The molecule has 8 aromatic rings. The van der Waals surface area contributed by atoms with E-state index in [1.165, 1.54) is 76.5 Å². The van der Waals surface area contributed by atoms with Crippen LogP contribution in [0.5, 0.6) is 0 Å². The second-order valence-electron chi connectivity index (χ2n) is 13.3. The van der Waals surface area contributed by atoms with Gasteiger partial charge in [-0.1, -0.05) is 87.0 Å². The SMILES string of the molecule is CB(C)c1cc2c(-c3c[nH]c4ccccc34)cccc2[cH-]1.CB(C)c1cc2c(-c3c[nH]c4ccccc34)cccc2[cH-]1.C[Si](C)=[Zr]([Cl])[Cl]. The van der Waals surface area contributed by atoms with Gasteiger partial charge in [0, 0.05) is 34.2 Å². The van der Waals surface area contributed by atoms with Gasteiger partial charge in [-0.05, 0) is 23.3 Å². The van der Waals surface area contributed by atoms with Crippen LogP contribution in [-0.2, 0) is 18.0 Å². The van der Waals surface area contributed by atoms with Crippen LogP contribution in [0.1, 0.15) is 0 Å². The zero-order valence-electron chi connectivity index (χ0n) is 28.5. The fraction of sp³-hybridized carbons (Fsp3) is 0.150.